The predicted molar refractivity (Wildman–Crippen MR) is 229 cm³/mol. The first-order chi connectivity index (χ1) is 26.4. The second kappa shape index (κ2) is 42.6. The molecule has 320 valence electrons. The number of carbonyl (C=O) groups excluding carboxylic acids is 3. The van der Waals surface area contributed by atoms with Crippen LogP contribution in [0.4, 0.5) is 0 Å². The molecule has 0 aromatic carbocycles. The third kappa shape index (κ3) is 41.6. The van der Waals surface area contributed by atoms with E-state index < -0.39 is 6.10 Å². The van der Waals surface area contributed by atoms with E-state index in [4.69, 9.17) is 14.2 Å². The van der Waals surface area contributed by atoms with Crippen molar-refractivity contribution in [3.05, 3.63) is 0 Å². The van der Waals surface area contributed by atoms with E-state index in [0.29, 0.717) is 19.3 Å². The Morgan fingerprint density at radius 1 is 0.352 bits per heavy atom. The number of ether oxygens (including phenoxy) is 3. The van der Waals surface area contributed by atoms with Gasteiger partial charge in [-0.3, -0.25) is 14.4 Å². The van der Waals surface area contributed by atoms with Crippen molar-refractivity contribution in [2.75, 3.05) is 13.2 Å². The Bertz CT molecular complexity index is 811. The Labute approximate surface area is 336 Å². The third-order valence-electron chi connectivity index (χ3n) is 10.8. The summed E-state index contributed by atoms with van der Waals surface area (Å²) in [6.07, 6.45) is 42.3. The molecule has 0 spiro atoms. The molecule has 0 aromatic rings. The smallest absolute Gasteiger partial charge is 0.306 e. The Kier molecular flexibility index (Phi) is 41.3. The molecule has 0 saturated heterocycles. The zero-order valence-electron chi connectivity index (χ0n) is 36.7. The van der Waals surface area contributed by atoms with Crippen LogP contribution in [0.5, 0.6) is 0 Å². The molecule has 0 aliphatic rings. The van der Waals surface area contributed by atoms with Crippen molar-refractivity contribution in [2.45, 2.75) is 271 Å². The maximum Gasteiger partial charge on any atom is 0.306 e. The summed E-state index contributed by atoms with van der Waals surface area (Å²) >= 11 is 0. The van der Waals surface area contributed by atoms with Crippen molar-refractivity contribution in [3.8, 4) is 0 Å². The summed E-state index contributed by atoms with van der Waals surface area (Å²) in [7, 11) is 0. The number of hydrogen-bond acceptors (Lipinski definition) is 6. The quantitative estimate of drug-likeness (QED) is 0.0349. The van der Waals surface area contributed by atoms with Gasteiger partial charge in [-0.05, 0) is 25.2 Å². The topological polar surface area (TPSA) is 78.9 Å². The first kappa shape index (κ1) is 52.4. The lowest BCUT2D eigenvalue weighted by Crippen LogP contribution is -2.30. The molecule has 0 rings (SSSR count). The Morgan fingerprint density at radius 3 is 0.907 bits per heavy atom. The normalized spacial score (nSPS) is 11.9. The second-order valence-electron chi connectivity index (χ2n) is 16.9. The average molecular weight is 765 g/mol. The van der Waals surface area contributed by atoms with Gasteiger partial charge in [0.1, 0.15) is 13.2 Å². The van der Waals surface area contributed by atoms with E-state index >= 15 is 0 Å². The van der Waals surface area contributed by atoms with Crippen LogP contribution < -0.4 is 0 Å². The van der Waals surface area contributed by atoms with Gasteiger partial charge in [-0.25, -0.2) is 0 Å². The molecule has 6 heteroatoms. The summed E-state index contributed by atoms with van der Waals surface area (Å²) in [5.74, 6) is -0.0719. The molecule has 0 aromatic heterocycles. The lowest BCUT2D eigenvalue weighted by molar-refractivity contribution is -0.167. The predicted octanol–water partition coefficient (Wildman–Crippen LogP) is 15.1. The van der Waals surface area contributed by atoms with Crippen LogP contribution in [0.25, 0.3) is 0 Å². The maximum absolute atomic E-state index is 12.7. The molecule has 0 unspecified atom stereocenters. The summed E-state index contributed by atoms with van der Waals surface area (Å²) in [5.41, 5.74) is 0. The minimum Gasteiger partial charge on any atom is -0.462 e. The van der Waals surface area contributed by atoms with Crippen LogP contribution >= 0.6 is 0 Å². The van der Waals surface area contributed by atoms with Crippen molar-refractivity contribution >= 4 is 17.9 Å². The van der Waals surface area contributed by atoms with Gasteiger partial charge in [0, 0.05) is 19.3 Å². The van der Waals surface area contributed by atoms with Crippen LogP contribution in [-0.2, 0) is 28.6 Å². The van der Waals surface area contributed by atoms with Crippen LogP contribution in [0.15, 0.2) is 0 Å². The monoisotopic (exact) mass is 765 g/mol. The Morgan fingerprint density at radius 2 is 0.611 bits per heavy atom. The minimum absolute atomic E-state index is 0.0639. The number of unbranched alkanes of at least 4 members (excludes halogenated alkanes) is 30. The van der Waals surface area contributed by atoms with Crippen molar-refractivity contribution in [1.82, 2.24) is 0 Å². The van der Waals surface area contributed by atoms with Crippen LogP contribution in [0.3, 0.4) is 0 Å². The van der Waals surface area contributed by atoms with Crippen molar-refractivity contribution < 1.29 is 28.6 Å². The van der Waals surface area contributed by atoms with Crippen molar-refractivity contribution in [2.24, 2.45) is 5.92 Å². The van der Waals surface area contributed by atoms with E-state index in [1.54, 1.807) is 0 Å². The van der Waals surface area contributed by atoms with Gasteiger partial charge in [0.05, 0.1) is 0 Å². The maximum atomic E-state index is 12.7. The van der Waals surface area contributed by atoms with Gasteiger partial charge in [-0.1, -0.05) is 227 Å². The SMILES string of the molecule is CCCCCCCCCCCCCCCCCC(=O)O[C@H](COC(=O)CCCCCCCCCCCCC)COC(=O)CCCCCCCCCC(C)C. The molecule has 0 N–H and O–H groups in total. The largest absolute Gasteiger partial charge is 0.462 e. The minimum atomic E-state index is -0.759. The molecule has 0 aliphatic carbocycles. The van der Waals surface area contributed by atoms with Gasteiger partial charge in [0.2, 0.25) is 0 Å². The van der Waals surface area contributed by atoms with Gasteiger partial charge >= 0.3 is 17.9 Å². The van der Waals surface area contributed by atoms with Crippen molar-refractivity contribution in [3.63, 3.8) is 0 Å². The first-order valence-electron chi connectivity index (χ1n) is 23.9. The average Bonchev–Trinajstić information content (AvgIpc) is 3.15. The van der Waals surface area contributed by atoms with Crippen LogP contribution in [0.2, 0.25) is 0 Å². The van der Waals surface area contributed by atoms with Gasteiger partial charge in [0.15, 0.2) is 6.10 Å². The van der Waals surface area contributed by atoms with Crippen LogP contribution in [0.1, 0.15) is 265 Å². The standard InChI is InChI=1S/C48H92O6/c1-5-7-9-11-13-15-17-18-19-20-22-24-28-33-37-41-48(51)54-45(43-53-47(50)40-36-32-29-25-26-30-34-38-44(3)4)42-52-46(49)39-35-31-27-23-21-16-14-12-10-8-6-2/h44-45H,5-43H2,1-4H3/t45-/m1/s1. The van der Waals surface area contributed by atoms with Gasteiger partial charge in [-0.15, -0.1) is 0 Å². The number of hydrogen-bond donors (Lipinski definition) is 0. The highest BCUT2D eigenvalue weighted by Crippen LogP contribution is 2.16. The summed E-state index contributed by atoms with van der Waals surface area (Å²) in [5, 5.41) is 0. The number of carbonyl (C=O) groups is 3. The Hall–Kier alpha value is -1.59. The van der Waals surface area contributed by atoms with E-state index in [0.717, 1.165) is 63.7 Å². The van der Waals surface area contributed by atoms with E-state index in [1.807, 2.05) is 0 Å². The molecule has 6 nitrogen and oxygen atoms in total. The lowest BCUT2D eigenvalue weighted by atomic mass is 10.0. The fraction of sp³-hybridized carbons (Fsp3) is 0.938. The number of esters is 3. The molecular formula is C48H92O6. The van der Waals surface area contributed by atoms with E-state index in [2.05, 4.69) is 27.7 Å². The molecule has 1 atom stereocenters. The highest BCUT2D eigenvalue weighted by Gasteiger charge is 2.19. The van der Waals surface area contributed by atoms with E-state index in [-0.39, 0.29) is 31.1 Å². The lowest BCUT2D eigenvalue weighted by Gasteiger charge is -2.18. The molecule has 0 heterocycles. The van der Waals surface area contributed by atoms with Crippen LogP contribution in [-0.4, -0.2) is 37.2 Å². The van der Waals surface area contributed by atoms with E-state index in [9.17, 15) is 14.4 Å². The second-order valence-corrected chi connectivity index (χ2v) is 16.9. The summed E-state index contributed by atoms with van der Waals surface area (Å²) in [6, 6.07) is 0. The molecular weight excluding hydrogens is 673 g/mol. The Balaban J connectivity index is 4.31. The van der Waals surface area contributed by atoms with Gasteiger partial charge in [0.25, 0.3) is 0 Å². The molecule has 0 saturated carbocycles. The fourth-order valence-electron chi connectivity index (χ4n) is 7.16. The molecule has 0 amide bonds. The first-order valence-corrected chi connectivity index (χ1v) is 23.9. The van der Waals surface area contributed by atoms with Crippen molar-refractivity contribution in [1.29, 1.82) is 0 Å². The summed E-state index contributed by atoms with van der Waals surface area (Å²) in [4.78, 5) is 37.7. The molecule has 0 fully saturated rings. The fourth-order valence-corrected chi connectivity index (χ4v) is 7.16. The summed E-state index contributed by atoms with van der Waals surface area (Å²) in [6.45, 7) is 8.95. The van der Waals surface area contributed by atoms with E-state index in [1.165, 1.54) is 161 Å². The number of rotatable bonds is 43. The van der Waals surface area contributed by atoms with Gasteiger partial charge in [-0.2, -0.15) is 0 Å². The molecule has 0 bridgehead atoms. The zero-order valence-corrected chi connectivity index (χ0v) is 36.7. The highest BCUT2D eigenvalue weighted by atomic mass is 16.6. The third-order valence-corrected chi connectivity index (χ3v) is 10.8. The molecule has 54 heavy (non-hydrogen) atoms. The molecule has 0 radical (unpaired) electrons. The van der Waals surface area contributed by atoms with Gasteiger partial charge < -0.3 is 14.2 Å². The zero-order chi connectivity index (χ0) is 39.6. The summed E-state index contributed by atoms with van der Waals surface area (Å²) < 4.78 is 16.7. The highest BCUT2D eigenvalue weighted by molar-refractivity contribution is 5.71. The molecule has 0 aliphatic heterocycles. The van der Waals surface area contributed by atoms with Crippen LogP contribution in [0, 0.1) is 5.92 Å².